The van der Waals surface area contributed by atoms with Crippen LogP contribution in [0.2, 0.25) is 0 Å². The number of carbonyl (C=O) groups is 2. The quantitative estimate of drug-likeness (QED) is 0.454. The first-order valence-corrected chi connectivity index (χ1v) is 9.61. The maximum absolute atomic E-state index is 13.0. The Labute approximate surface area is 176 Å². The summed E-state index contributed by atoms with van der Waals surface area (Å²) in [6.45, 7) is 1.77. The molecular weight excluding hydrogens is 452 g/mol. The van der Waals surface area contributed by atoms with Crippen molar-refractivity contribution in [3.8, 4) is 0 Å². The van der Waals surface area contributed by atoms with E-state index in [2.05, 4.69) is 15.0 Å². The number of ether oxygens (including phenoxy) is 1. The van der Waals surface area contributed by atoms with Crippen molar-refractivity contribution in [3.05, 3.63) is 45.4 Å². The number of urea groups is 1. The van der Waals surface area contributed by atoms with Crippen LogP contribution < -0.4 is 5.32 Å². The van der Waals surface area contributed by atoms with E-state index >= 15 is 0 Å². The minimum Gasteiger partial charge on any atom is -0.464 e. The van der Waals surface area contributed by atoms with Gasteiger partial charge in [0.25, 0.3) is 0 Å². The van der Waals surface area contributed by atoms with Gasteiger partial charge in [0.15, 0.2) is 5.69 Å². The monoisotopic (exact) mass is 469 g/mol. The Morgan fingerprint density at radius 3 is 2.16 bits per heavy atom. The summed E-state index contributed by atoms with van der Waals surface area (Å²) in [4.78, 5) is 29.2. The third-order valence-electron chi connectivity index (χ3n) is 3.89. The van der Waals surface area contributed by atoms with Gasteiger partial charge in [-0.2, -0.15) is 26.3 Å². The number of thiazole rings is 1. The molecule has 13 heteroatoms. The number of halogens is 6. The Morgan fingerprint density at radius 1 is 1.10 bits per heavy atom. The summed E-state index contributed by atoms with van der Waals surface area (Å²) >= 11 is 1.05. The fourth-order valence-electron chi connectivity index (χ4n) is 2.50. The molecule has 0 fully saturated rings. The van der Waals surface area contributed by atoms with Gasteiger partial charge in [-0.1, -0.05) is 6.92 Å². The highest BCUT2D eigenvalue weighted by Gasteiger charge is 2.37. The minimum atomic E-state index is -5.03. The number of nitrogens with zero attached hydrogens (tertiary/aromatic N) is 2. The molecule has 6 nitrogen and oxygen atoms in total. The van der Waals surface area contributed by atoms with Crippen LogP contribution in [0.1, 0.15) is 40.0 Å². The molecule has 2 amide bonds. The van der Waals surface area contributed by atoms with E-state index in [1.54, 1.807) is 6.92 Å². The number of alkyl halides is 6. The lowest BCUT2D eigenvalue weighted by Crippen LogP contribution is -2.35. The predicted molar refractivity (Wildman–Crippen MR) is 99.6 cm³/mol. The van der Waals surface area contributed by atoms with Gasteiger partial charge in [0.2, 0.25) is 0 Å². The van der Waals surface area contributed by atoms with Crippen molar-refractivity contribution >= 4 is 29.0 Å². The number of nitrogens with one attached hydrogen (secondary N) is 1. The van der Waals surface area contributed by atoms with Crippen molar-refractivity contribution in [1.82, 2.24) is 9.88 Å². The molecule has 31 heavy (non-hydrogen) atoms. The van der Waals surface area contributed by atoms with Crippen molar-refractivity contribution in [2.45, 2.75) is 32.2 Å². The fraction of sp³-hybridized carbons (Fsp3) is 0.389. The van der Waals surface area contributed by atoms with Gasteiger partial charge in [0.05, 0.1) is 24.8 Å². The highest BCUT2D eigenvalue weighted by atomic mass is 32.1. The number of benzene rings is 1. The second-order valence-corrected chi connectivity index (χ2v) is 7.21. The molecule has 1 aromatic carbocycles. The van der Waals surface area contributed by atoms with Gasteiger partial charge in [-0.3, -0.25) is 0 Å². The zero-order chi connectivity index (χ0) is 23.4. The van der Waals surface area contributed by atoms with Crippen molar-refractivity contribution in [1.29, 1.82) is 0 Å². The molecule has 2 rings (SSSR count). The van der Waals surface area contributed by atoms with Crippen molar-refractivity contribution in [2.75, 3.05) is 19.0 Å². The number of aromatic nitrogens is 1. The van der Waals surface area contributed by atoms with Gasteiger partial charge >= 0.3 is 24.4 Å². The van der Waals surface area contributed by atoms with Crippen LogP contribution in [-0.4, -0.2) is 35.5 Å². The number of carbonyl (C=O) groups excluding carboxylic acids is 2. The second-order valence-electron chi connectivity index (χ2n) is 6.26. The van der Waals surface area contributed by atoms with Gasteiger partial charge in [-0.15, -0.1) is 11.3 Å². The van der Waals surface area contributed by atoms with Gasteiger partial charge in [0, 0.05) is 17.6 Å². The molecule has 170 valence electrons. The number of methoxy groups -OCH3 is 1. The number of amides is 2. The molecule has 0 spiro atoms. The zero-order valence-electron chi connectivity index (χ0n) is 16.2. The van der Waals surface area contributed by atoms with Crippen LogP contribution in [0.15, 0.2) is 23.6 Å². The molecule has 1 aromatic heterocycles. The summed E-state index contributed by atoms with van der Waals surface area (Å²) in [7, 11) is 1.17. The first-order chi connectivity index (χ1) is 14.3. The summed E-state index contributed by atoms with van der Waals surface area (Å²) in [5.41, 5.74) is -3.71. The number of hydrogen-bond donors (Lipinski definition) is 1. The van der Waals surface area contributed by atoms with Crippen LogP contribution in [0.4, 0.5) is 36.8 Å². The summed E-state index contributed by atoms with van der Waals surface area (Å²) in [6, 6.07) is -0.0841. The predicted octanol–water partition coefficient (Wildman–Crippen LogP) is 5.41. The molecule has 0 aliphatic rings. The van der Waals surface area contributed by atoms with Crippen LogP contribution in [0, 0.1) is 0 Å². The van der Waals surface area contributed by atoms with E-state index in [1.165, 1.54) is 12.5 Å². The summed E-state index contributed by atoms with van der Waals surface area (Å²) in [5, 5.41) is 3.83. The average molecular weight is 469 g/mol. The van der Waals surface area contributed by atoms with E-state index in [4.69, 9.17) is 0 Å². The van der Waals surface area contributed by atoms with Crippen LogP contribution in [0.3, 0.4) is 0 Å². The van der Waals surface area contributed by atoms with E-state index in [-0.39, 0.29) is 24.8 Å². The Balaban J connectivity index is 2.27. The first kappa shape index (κ1) is 24.4. The van der Waals surface area contributed by atoms with E-state index in [0.717, 1.165) is 16.2 Å². The minimum absolute atomic E-state index is 0.0204. The molecule has 0 aliphatic heterocycles. The van der Waals surface area contributed by atoms with Gasteiger partial charge in [0.1, 0.15) is 5.01 Å². The lowest BCUT2D eigenvalue weighted by molar-refractivity contribution is -0.143. The van der Waals surface area contributed by atoms with Crippen LogP contribution in [0.25, 0.3) is 0 Å². The number of rotatable bonds is 6. The number of esters is 1. The second kappa shape index (κ2) is 9.54. The summed E-state index contributed by atoms with van der Waals surface area (Å²) in [6.07, 6.45) is -9.61. The Morgan fingerprint density at radius 2 is 1.68 bits per heavy atom. The largest absolute Gasteiger partial charge is 0.464 e. The normalized spacial score (nSPS) is 11.9. The molecule has 0 bridgehead atoms. The van der Waals surface area contributed by atoms with E-state index in [0.29, 0.717) is 23.6 Å². The Hall–Kier alpha value is -2.83. The maximum atomic E-state index is 13.0. The number of hydrogen-bond acceptors (Lipinski definition) is 5. The van der Waals surface area contributed by atoms with Crippen molar-refractivity contribution in [3.63, 3.8) is 0 Å². The summed E-state index contributed by atoms with van der Waals surface area (Å²) in [5.74, 6) is -0.683. The molecule has 1 N–H and O–H groups in total. The lowest BCUT2D eigenvalue weighted by Gasteiger charge is -2.22. The third-order valence-corrected chi connectivity index (χ3v) is 4.73. The van der Waals surface area contributed by atoms with E-state index in [9.17, 15) is 35.9 Å². The average Bonchev–Trinajstić information content (AvgIpc) is 3.14. The van der Waals surface area contributed by atoms with Crippen molar-refractivity contribution in [2.24, 2.45) is 0 Å². The Kier molecular flexibility index (Phi) is 7.52. The van der Waals surface area contributed by atoms with Gasteiger partial charge in [-0.25, -0.2) is 14.6 Å². The maximum Gasteiger partial charge on any atom is 0.416 e. The van der Waals surface area contributed by atoms with Crippen LogP contribution in [-0.2, 0) is 23.6 Å². The van der Waals surface area contributed by atoms with Crippen LogP contribution >= 0.6 is 11.3 Å². The molecule has 1 heterocycles. The van der Waals surface area contributed by atoms with E-state index < -0.39 is 41.2 Å². The van der Waals surface area contributed by atoms with E-state index in [1.807, 2.05) is 0 Å². The molecule has 0 saturated carbocycles. The molecular formula is C18H17F6N3O3S. The molecule has 0 saturated heterocycles. The first-order valence-electron chi connectivity index (χ1n) is 8.73. The topological polar surface area (TPSA) is 71.5 Å². The highest BCUT2D eigenvalue weighted by molar-refractivity contribution is 7.09. The fourth-order valence-corrected chi connectivity index (χ4v) is 3.28. The van der Waals surface area contributed by atoms with Gasteiger partial charge < -0.3 is 15.0 Å². The standard InChI is InChI=1S/C18H17F6N3O3S/c1-3-4-27(8-14-26-13(9-31-14)15(28)30-2)16(29)25-12-6-10(17(19,20)21)5-11(7-12)18(22,23)24/h5-7,9H,3-4,8H2,1-2H3,(H,25,29). The number of anilines is 1. The molecule has 2 aromatic rings. The smallest absolute Gasteiger partial charge is 0.416 e. The van der Waals surface area contributed by atoms with Crippen molar-refractivity contribution < 1.29 is 40.7 Å². The molecule has 0 radical (unpaired) electrons. The molecule has 0 atom stereocenters. The highest BCUT2D eigenvalue weighted by Crippen LogP contribution is 2.37. The van der Waals surface area contributed by atoms with Crippen LogP contribution in [0.5, 0.6) is 0 Å². The zero-order valence-corrected chi connectivity index (χ0v) is 17.0. The summed E-state index contributed by atoms with van der Waals surface area (Å²) < 4.78 is 82.5. The van der Waals surface area contributed by atoms with Gasteiger partial charge in [-0.05, 0) is 24.6 Å². The molecule has 0 unspecified atom stereocenters. The molecule has 0 aliphatic carbocycles. The lowest BCUT2D eigenvalue weighted by atomic mass is 10.1. The third kappa shape index (κ3) is 6.57. The SMILES string of the molecule is CCCN(Cc1nc(C(=O)OC)cs1)C(=O)Nc1cc(C(F)(F)F)cc(C(F)(F)F)c1. The Bertz CT molecular complexity index is 910.